The van der Waals surface area contributed by atoms with Crippen LogP contribution in [0.3, 0.4) is 0 Å². The van der Waals surface area contributed by atoms with Gasteiger partial charge in [-0.25, -0.2) is 0 Å². The van der Waals surface area contributed by atoms with Crippen LogP contribution in [0.1, 0.15) is 35.1 Å². The first-order chi connectivity index (χ1) is 8.58. The second-order valence-electron chi connectivity index (χ2n) is 5.43. The Morgan fingerprint density at radius 1 is 1.28 bits per heavy atom. The van der Waals surface area contributed by atoms with Crippen LogP contribution in [0.2, 0.25) is 0 Å². The van der Waals surface area contributed by atoms with Gasteiger partial charge in [-0.3, -0.25) is 4.79 Å². The van der Waals surface area contributed by atoms with Crippen LogP contribution in [0.5, 0.6) is 0 Å². The molecule has 1 fully saturated rings. The van der Waals surface area contributed by atoms with Crippen LogP contribution in [-0.4, -0.2) is 19.0 Å². The Kier molecular flexibility index (Phi) is 4.18. The van der Waals surface area contributed by atoms with E-state index in [1.807, 2.05) is 0 Å². The average Bonchev–Trinajstić information content (AvgIpc) is 2.34. The van der Waals surface area contributed by atoms with Gasteiger partial charge in [0.1, 0.15) is 5.78 Å². The molecule has 0 aromatic heterocycles. The van der Waals surface area contributed by atoms with E-state index >= 15 is 0 Å². The Labute approximate surface area is 109 Å². The zero-order valence-corrected chi connectivity index (χ0v) is 11.6. The maximum atomic E-state index is 12.3. The third-order valence-corrected chi connectivity index (χ3v) is 3.81. The maximum absolute atomic E-state index is 12.3. The van der Waals surface area contributed by atoms with Gasteiger partial charge in [0.25, 0.3) is 0 Å². The molecule has 1 aromatic carbocycles. The van der Waals surface area contributed by atoms with E-state index in [1.165, 1.54) is 22.3 Å². The van der Waals surface area contributed by atoms with E-state index in [-0.39, 0.29) is 5.92 Å². The zero-order valence-electron chi connectivity index (χ0n) is 11.6. The molecule has 0 bridgehead atoms. The van der Waals surface area contributed by atoms with Crippen molar-refractivity contribution in [1.29, 1.82) is 0 Å². The molecule has 1 aliphatic rings. The smallest absolute Gasteiger partial charge is 0.142 e. The molecule has 0 amide bonds. The van der Waals surface area contributed by atoms with Gasteiger partial charge in [-0.1, -0.05) is 17.7 Å². The molecular weight excluding hydrogens is 224 g/mol. The summed E-state index contributed by atoms with van der Waals surface area (Å²) in [5.74, 6) is 0.448. The standard InChI is InChI=1S/C16H22O2/c1-11-7-12(2)15(13(3)8-11)9-16(17)14-5-4-6-18-10-14/h7-8,14H,4-6,9-10H2,1-3H3. The lowest BCUT2D eigenvalue weighted by Crippen LogP contribution is -2.26. The summed E-state index contributed by atoms with van der Waals surface area (Å²) in [6.45, 7) is 7.72. The Morgan fingerprint density at radius 2 is 1.94 bits per heavy atom. The summed E-state index contributed by atoms with van der Waals surface area (Å²) in [6.07, 6.45) is 2.57. The van der Waals surface area contributed by atoms with Gasteiger partial charge in [0.2, 0.25) is 0 Å². The number of ketones is 1. The summed E-state index contributed by atoms with van der Waals surface area (Å²) >= 11 is 0. The molecule has 0 radical (unpaired) electrons. The first kappa shape index (κ1) is 13.3. The fourth-order valence-corrected chi connectivity index (χ4v) is 2.80. The number of carbonyl (C=O) groups is 1. The van der Waals surface area contributed by atoms with E-state index in [1.54, 1.807) is 0 Å². The number of rotatable bonds is 3. The highest BCUT2D eigenvalue weighted by Crippen LogP contribution is 2.21. The molecule has 18 heavy (non-hydrogen) atoms. The van der Waals surface area contributed by atoms with Gasteiger partial charge in [0.05, 0.1) is 6.61 Å². The molecule has 98 valence electrons. The predicted octanol–water partition coefficient (Wildman–Crippen LogP) is 3.15. The van der Waals surface area contributed by atoms with Gasteiger partial charge in [-0.2, -0.15) is 0 Å². The molecule has 2 rings (SSSR count). The first-order valence-electron chi connectivity index (χ1n) is 6.75. The molecule has 2 heteroatoms. The third kappa shape index (κ3) is 2.99. The lowest BCUT2D eigenvalue weighted by Gasteiger charge is -2.21. The average molecular weight is 246 g/mol. The van der Waals surface area contributed by atoms with Crippen molar-refractivity contribution >= 4 is 5.78 Å². The Bertz CT molecular complexity index is 419. The highest BCUT2D eigenvalue weighted by Gasteiger charge is 2.22. The largest absolute Gasteiger partial charge is 0.381 e. The summed E-state index contributed by atoms with van der Waals surface area (Å²) in [5, 5.41) is 0. The van der Waals surface area contributed by atoms with Gasteiger partial charge in [0, 0.05) is 18.9 Å². The fourth-order valence-electron chi connectivity index (χ4n) is 2.80. The van der Waals surface area contributed by atoms with Crippen molar-refractivity contribution in [2.24, 2.45) is 5.92 Å². The van der Waals surface area contributed by atoms with Crippen LogP contribution in [0.15, 0.2) is 12.1 Å². The number of Topliss-reactive ketones (excluding diaryl/α,β-unsaturated/α-hetero) is 1. The van der Waals surface area contributed by atoms with Crippen molar-refractivity contribution in [3.05, 3.63) is 34.4 Å². The molecule has 2 nitrogen and oxygen atoms in total. The summed E-state index contributed by atoms with van der Waals surface area (Å²) in [6, 6.07) is 4.32. The van der Waals surface area contributed by atoms with E-state index in [4.69, 9.17) is 4.74 Å². The number of hydrogen-bond donors (Lipinski definition) is 0. The molecule has 0 spiro atoms. The van der Waals surface area contributed by atoms with Gasteiger partial charge >= 0.3 is 0 Å². The van der Waals surface area contributed by atoms with Gasteiger partial charge < -0.3 is 4.74 Å². The van der Waals surface area contributed by atoms with Gasteiger partial charge in [-0.05, 0) is 50.3 Å². The topological polar surface area (TPSA) is 26.3 Å². The van der Waals surface area contributed by atoms with Crippen LogP contribution in [0.25, 0.3) is 0 Å². The number of carbonyl (C=O) groups excluding carboxylic acids is 1. The van der Waals surface area contributed by atoms with E-state index in [0.717, 1.165) is 19.4 Å². The van der Waals surface area contributed by atoms with Crippen LogP contribution in [-0.2, 0) is 16.0 Å². The summed E-state index contributed by atoms with van der Waals surface area (Å²) in [5.41, 5.74) is 4.94. The summed E-state index contributed by atoms with van der Waals surface area (Å²) in [7, 11) is 0. The van der Waals surface area contributed by atoms with E-state index in [9.17, 15) is 4.79 Å². The SMILES string of the molecule is Cc1cc(C)c(CC(=O)C2CCCOC2)c(C)c1. The van der Waals surface area contributed by atoms with Crippen molar-refractivity contribution in [2.45, 2.75) is 40.0 Å². The molecule has 1 heterocycles. The summed E-state index contributed by atoms with van der Waals surface area (Å²) in [4.78, 5) is 12.3. The second-order valence-corrected chi connectivity index (χ2v) is 5.43. The van der Waals surface area contributed by atoms with Crippen LogP contribution >= 0.6 is 0 Å². The minimum Gasteiger partial charge on any atom is -0.381 e. The van der Waals surface area contributed by atoms with Crippen LogP contribution in [0.4, 0.5) is 0 Å². The van der Waals surface area contributed by atoms with E-state index < -0.39 is 0 Å². The van der Waals surface area contributed by atoms with Crippen molar-refractivity contribution in [3.8, 4) is 0 Å². The molecule has 0 N–H and O–H groups in total. The minimum atomic E-state index is 0.110. The predicted molar refractivity (Wildman–Crippen MR) is 72.9 cm³/mol. The first-order valence-corrected chi connectivity index (χ1v) is 6.75. The van der Waals surface area contributed by atoms with Gasteiger partial charge in [0.15, 0.2) is 0 Å². The molecule has 0 saturated carbocycles. The quantitative estimate of drug-likeness (QED) is 0.819. The highest BCUT2D eigenvalue weighted by molar-refractivity contribution is 5.84. The van der Waals surface area contributed by atoms with Crippen molar-refractivity contribution < 1.29 is 9.53 Å². The molecule has 1 atom stereocenters. The van der Waals surface area contributed by atoms with E-state index in [2.05, 4.69) is 32.9 Å². The Balaban J connectivity index is 2.11. The van der Waals surface area contributed by atoms with Crippen molar-refractivity contribution in [2.75, 3.05) is 13.2 Å². The van der Waals surface area contributed by atoms with Crippen LogP contribution < -0.4 is 0 Å². The van der Waals surface area contributed by atoms with E-state index in [0.29, 0.717) is 18.8 Å². The fraction of sp³-hybridized carbons (Fsp3) is 0.562. The second kappa shape index (κ2) is 5.66. The monoisotopic (exact) mass is 246 g/mol. The molecule has 1 unspecified atom stereocenters. The Hall–Kier alpha value is -1.15. The molecular formula is C16H22O2. The lowest BCUT2D eigenvalue weighted by atomic mass is 9.89. The molecule has 1 aliphatic heterocycles. The molecule has 1 aromatic rings. The zero-order chi connectivity index (χ0) is 13.1. The Morgan fingerprint density at radius 3 is 2.50 bits per heavy atom. The normalized spacial score (nSPS) is 19.8. The number of benzene rings is 1. The number of ether oxygens (including phenoxy) is 1. The molecule has 1 saturated heterocycles. The van der Waals surface area contributed by atoms with Crippen molar-refractivity contribution in [3.63, 3.8) is 0 Å². The van der Waals surface area contributed by atoms with Crippen LogP contribution in [0, 0.1) is 26.7 Å². The third-order valence-electron chi connectivity index (χ3n) is 3.81. The maximum Gasteiger partial charge on any atom is 0.142 e. The van der Waals surface area contributed by atoms with Crippen molar-refractivity contribution in [1.82, 2.24) is 0 Å². The number of hydrogen-bond acceptors (Lipinski definition) is 2. The van der Waals surface area contributed by atoms with Gasteiger partial charge in [-0.15, -0.1) is 0 Å². The molecule has 0 aliphatic carbocycles. The lowest BCUT2D eigenvalue weighted by molar-refractivity contribution is -0.126. The summed E-state index contributed by atoms with van der Waals surface area (Å²) < 4.78 is 5.40. The minimum absolute atomic E-state index is 0.110. The number of aryl methyl sites for hydroxylation is 3. The highest BCUT2D eigenvalue weighted by atomic mass is 16.5.